The molecular weight excluding hydrogens is 242 g/mol. The second kappa shape index (κ2) is 5.09. The van der Waals surface area contributed by atoms with E-state index in [1.54, 1.807) is 24.1 Å². The van der Waals surface area contributed by atoms with Gasteiger partial charge in [0.15, 0.2) is 5.82 Å². The second-order valence-electron chi connectivity index (χ2n) is 4.59. The highest BCUT2D eigenvalue weighted by Crippen LogP contribution is 2.16. The average molecular weight is 259 g/mol. The Hall–Kier alpha value is -2.37. The van der Waals surface area contributed by atoms with Crippen LogP contribution < -0.4 is 5.73 Å². The van der Waals surface area contributed by atoms with Crippen molar-refractivity contribution in [1.29, 1.82) is 0 Å². The van der Waals surface area contributed by atoms with Crippen LogP contribution in [0.25, 0.3) is 0 Å². The van der Waals surface area contributed by atoms with Crippen molar-refractivity contribution in [2.45, 2.75) is 20.4 Å². The molecule has 2 aromatic rings. The predicted octanol–water partition coefficient (Wildman–Crippen LogP) is 1.28. The molecule has 0 aliphatic heterocycles. The van der Waals surface area contributed by atoms with E-state index in [0.29, 0.717) is 23.6 Å². The lowest BCUT2D eigenvalue weighted by molar-refractivity contribution is 0.0782. The normalized spacial score (nSPS) is 10.5. The highest BCUT2D eigenvalue weighted by molar-refractivity contribution is 5.99. The van der Waals surface area contributed by atoms with Crippen molar-refractivity contribution in [2.75, 3.05) is 12.8 Å². The Morgan fingerprint density at radius 1 is 1.42 bits per heavy atom. The van der Waals surface area contributed by atoms with E-state index in [9.17, 15) is 4.79 Å². The van der Waals surface area contributed by atoms with E-state index in [2.05, 4.69) is 15.2 Å². The summed E-state index contributed by atoms with van der Waals surface area (Å²) in [6.07, 6.45) is 0. The lowest BCUT2D eigenvalue weighted by Crippen LogP contribution is -2.27. The third-order valence-corrected chi connectivity index (χ3v) is 2.81. The Labute approximate surface area is 111 Å². The Kier molecular flexibility index (Phi) is 3.50. The van der Waals surface area contributed by atoms with Gasteiger partial charge in [-0.3, -0.25) is 9.89 Å². The molecule has 1 aromatic heterocycles. The zero-order valence-corrected chi connectivity index (χ0v) is 11.3. The van der Waals surface area contributed by atoms with E-state index in [-0.39, 0.29) is 5.91 Å². The van der Waals surface area contributed by atoms with E-state index in [4.69, 9.17) is 5.73 Å². The number of hydrogen-bond donors (Lipinski definition) is 2. The molecule has 0 saturated carbocycles. The van der Waals surface area contributed by atoms with Crippen molar-refractivity contribution in [3.8, 4) is 0 Å². The largest absolute Gasteiger partial charge is 0.398 e. The fourth-order valence-corrected chi connectivity index (χ4v) is 1.80. The van der Waals surface area contributed by atoms with Crippen LogP contribution in [-0.4, -0.2) is 33.0 Å². The number of benzene rings is 1. The first kappa shape index (κ1) is 13.1. The van der Waals surface area contributed by atoms with Crippen LogP contribution in [0.1, 0.15) is 27.6 Å². The Balaban J connectivity index is 2.16. The molecule has 0 aliphatic carbocycles. The van der Waals surface area contributed by atoms with Crippen LogP contribution in [0.2, 0.25) is 0 Å². The summed E-state index contributed by atoms with van der Waals surface area (Å²) in [5.41, 5.74) is 7.83. The maximum atomic E-state index is 12.3. The highest BCUT2D eigenvalue weighted by atomic mass is 16.2. The van der Waals surface area contributed by atoms with Gasteiger partial charge in [-0.05, 0) is 26.0 Å². The molecule has 0 bridgehead atoms. The molecule has 6 nitrogen and oxygen atoms in total. The molecule has 3 N–H and O–H groups in total. The number of hydrogen-bond acceptors (Lipinski definition) is 4. The molecule has 0 spiro atoms. The molecule has 19 heavy (non-hydrogen) atoms. The van der Waals surface area contributed by atoms with Crippen LogP contribution in [0.5, 0.6) is 0 Å². The van der Waals surface area contributed by atoms with Crippen LogP contribution in [0.15, 0.2) is 18.2 Å². The van der Waals surface area contributed by atoms with Gasteiger partial charge in [0.2, 0.25) is 0 Å². The fourth-order valence-electron chi connectivity index (χ4n) is 1.80. The topological polar surface area (TPSA) is 87.9 Å². The number of aromatic nitrogens is 3. The van der Waals surface area contributed by atoms with Crippen molar-refractivity contribution in [3.63, 3.8) is 0 Å². The Morgan fingerprint density at radius 3 is 2.79 bits per heavy atom. The van der Waals surface area contributed by atoms with Gasteiger partial charge in [-0.25, -0.2) is 4.98 Å². The number of nitrogens with zero attached hydrogens (tertiary/aromatic N) is 3. The van der Waals surface area contributed by atoms with E-state index >= 15 is 0 Å². The summed E-state index contributed by atoms with van der Waals surface area (Å²) in [6, 6.07) is 5.41. The maximum Gasteiger partial charge on any atom is 0.256 e. The van der Waals surface area contributed by atoms with E-state index in [1.165, 1.54) is 0 Å². The van der Waals surface area contributed by atoms with Gasteiger partial charge in [0, 0.05) is 12.7 Å². The molecule has 0 atom stereocenters. The molecule has 2 rings (SSSR count). The molecule has 6 heteroatoms. The SMILES string of the molecule is Cc1ccc(N)c(C(=O)N(C)Cc2n[nH]c(C)n2)c1. The first-order chi connectivity index (χ1) is 8.97. The summed E-state index contributed by atoms with van der Waals surface area (Å²) in [6.45, 7) is 4.09. The maximum absolute atomic E-state index is 12.3. The number of amides is 1. The third-order valence-electron chi connectivity index (χ3n) is 2.81. The number of carbonyl (C=O) groups is 1. The number of aromatic amines is 1. The lowest BCUT2D eigenvalue weighted by Gasteiger charge is -2.16. The number of carbonyl (C=O) groups excluding carboxylic acids is 1. The number of nitrogens with one attached hydrogen (secondary N) is 1. The van der Waals surface area contributed by atoms with Gasteiger partial charge in [0.1, 0.15) is 5.82 Å². The quantitative estimate of drug-likeness (QED) is 0.813. The zero-order chi connectivity index (χ0) is 14.0. The van der Waals surface area contributed by atoms with Crippen molar-refractivity contribution in [2.24, 2.45) is 0 Å². The van der Waals surface area contributed by atoms with Gasteiger partial charge >= 0.3 is 0 Å². The molecule has 0 saturated heterocycles. The number of rotatable bonds is 3. The van der Waals surface area contributed by atoms with Gasteiger partial charge < -0.3 is 10.6 Å². The Bertz CT molecular complexity index is 605. The van der Waals surface area contributed by atoms with Crippen LogP contribution in [-0.2, 0) is 6.54 Å². The summed E-state index contributed by atoms with van der Waals surface area (Å²) in [7, 11) is 1.70. The van der Waals surface area contributed by atoms with Gasteiger partial charge in [-0.1, -0.05) is 11.6 Å². The number of nitrogen functional groups attached to an aromatic ring is 1. The minimum atomic E-state index is -0.136. The monoisotopic (exact) mass is 259 g/mol. The molecule has 0 radical (unpaired) electrons. The van der Waals surface area contributed by atoms with Crippen molar-refractivity contribution in [3.05, 3.63) is 41.0 Å². The predicted molar refractivity (Wildman–Crippen MR) is 72.5 cm³/mol. The van der Waals surface area contributed by atoms with Gasteiger partial charge in [0.05, 0.1) is 12.1 Å². The fraction of sp³-hybridized carbons (Fsp3) is 0.308. The highest BCUT2D eigenvalue weighted by Gasteiger charge is 2.16. The van der Waals surface area contributed by atoms with Crippen LogP contribution in [0, 0.1) is 13.8 Å². The molecular formula is C13H17N5O. The first-order valence-electron chi connectivity index (χ1n) is 5.97. The molecule has 1 amide bonds. The summed E-state index contributed by atoms with van der Waals surface area (Å²) in [4.78, 5) is 18.0. The number of aryl methyl sites for hydroxylation is 2. The van der Waals surface area contributed by atoms with Gasteiger partial charge in [-0.2, -0.15) is 5.10 Å². The molecule has 100 valence electrons. The van der Waals surface area contributed by atoms with E-state index in [0.717, 1.165) is 11.4 Å². The molecule has 1 aromatic carbocycles. The lowest BCUT2D eigenvalue weighted by atomic mass is 10.1. The molecule has 0 aliphatic rings. The third kappa shape index (κ3) is 2.90. The number of nitrogens with two attached hydrogens (primary N) is 1. The summed E-state index contributed by atoms with van der Waals surface area (Å²) in [5, 5.41) is 6.76. The van der Waals surface area contributed by atoms with Gasteiger partial charge in [0.25, 0.3) is 5.91 Å². The van der Waals surface area contributed by atoms with Crippen molar-refractivity contribution < 1.29 is 4.79 Å². The number of anilines is 1. The van der Waals surface area contributed by atoms with E-state index in [1.807, 2.05) is 19.9 Å². The molecule has 0 unspecified atom stereocenters. The minimum absolute atomic E-state index is 0.136. The number of H-pyrrole nitrogens is 1. The van der Waals surface area contributed by atoms with Gasteiger partial charge in [-0.15, -0.1) is 0 Å². The zero-order valence-electron chi connectivity index (χ0n) is 11.3. The van der Waals surface area contributed by atoms with E-state index < -0.39 is 0 Å². The van der Waals surface area contributed by atoms with Crippen LogP contribution in [0.4, 0.5) is 5.69 Å². The minimum Gasteiger partial charge on any atom is -0.398 e. The molecule has 1 heterocycles. The van der Waals surface area contributed by atoms with Crippen LogP contribution in [0.3, 0.4) is 0 Å². The second-order valence-corrected chi connectivity index (χ2v) is 4.59. The standard InChI is InChI=1S/C13H17N5O/c1-8-4-5-11(14)10(6-8)13(19)18(3)7-12-15-9(2)16-17-12/h4-6H,7,14H2,1-3H3,(H,15,16,17). The average Bonchev–Trinajstić information content (AvgIpc) is 2.77. The molecule has 0 fully saturated rings. The Morgan fingerprint density at radius 2 is 2.16 bits per heavy atom. The van der Waals surface area contributed by atoms with Crippen LogP contribution >= 0.6 is 0 Å². The summed E-state index contributed by atoms with van der Waals surface area (Å²) in [5.74, 6) is 1.18. The summed E-state index contributed by atoms with van der Waals surface area (Å²) >= 11 is 0. The smallest absolute Gasteiger partial charge is 0.256 e. The van der Waals surface area contributed by atoms with Crippen molar-refractivity contribution >= 4 is 11.6 Å². The van der Waals surface area contributed by atoms with Crippen molar-refractivity contribution in [1.82, 2.24) is 20.1 Å². The first-order valence-corrected chi connectivity index (χ1v) is 5.97. The summed E-state index contributed by atoms with van der Waals surface area (Å²) < 4.78 is 0.